The Kier molecular flexibility index (Phi) is 2.24. The van der Waals surface area contributed by atoms with Gasteiger partial charge in [0.25, 0.3) is 0 Å². The summed E-state index contributed by atoms with van der Waals surface area (Å²) in [5.41, 5.74) is 0.666. The summed E-state index contributed by atoms with van der Waals surface area (Å²) < 4.78 is 27.6. The van der Waals surface area contributed by atoms with Gasteiger partial charge in [-0.15, -0.1) is 0 Å². The van der Waals surface area contributed by atoms with Crippen molar-refractivity contribution in [3.8, 4) is 0 Å². The van der Waals surface area contributed by atoms with Crippen LogP contribution in [0.1, 0.15) is 18.0 Å². The molecular formula is C10H9F2N5. The van der Waals surface area contributed by atoms with Gasteiger partial charge in [-0.2, -0.15) is 0 Å². The van der Waals surface area contributed by atoms with Gasteiger partial charge in [-0.05, 0) is 34.5 Å². The van der Waals surface area contributed by atoms with Crippen molar-refractivity contribution in [2.24, 2.45) is 0 Å². The molecule has 17 heavy (non-hydrogen) atoms. The van der Waals surface area contributed by atoms with E-state index in [1.54, 1.807) is 10.7 Å². The number of rotatable bonds is 1. The maximum absolute atomic E-state index is 13.2. The third kappa shape index (κ3) is 1.63. The zero-order valence-corrected chi connectivity index (χ0v) is 8.77. The molecule has 1 aliphatic rings. The molecule has 1 aromatic heterocycles. The largest absolute Gasteiger partial charge is 0.353 e. The molecule has 88 valence electrons. The molecule has 3 rings (SSSR count). The van der Waals surface area contributed by atoms with Crippen molar-refractivity contribution in [1.82, 2.24) is 20.2 Å². The predicted octanol–water partition coefficient (Wildman–Crippen LogP) is 1.36. The zero-order chi connectivity index (χ0) is 11.8. The lowest BCUT2D eigenvalue weighted by molar-refractivity contribution is 0.459. The number of aromatic nitrogens is 4. The quantitative estimate of drug-likeness (QED) is 0.813. The molecule has 0 bridgehead atoms. The Balaban J connectivity index is 2.03. The van der Waals surface area contributed by atoms with Crippen LogP contribution in [0.3, 0.4) is 0 Å². The van der Waals surface area contributed by atoms with E-state index < -0.39 is 11.6 Å². The van der Waals surface area contributed by atoms with Crippen molar-refractivity contribution in [3.63, 3.8) is 0 Å². The first-order valence-electron chi connectivity index (χ1n) is 5.22. The molecule has 0 saturated heterocycles. The van der Waals surface area contributed by atoms with Gasteiger partial charge in [0.1, 0.15) is 0 Å². The second-order valence-corrected chi connectivity index (χ2v) is 3.85. The number of hydrogen-bond acceptors (Lipinski definition) is 4. The Morgan fingerprint density at radius 1 is 1.29 bits per heavy atom. The molecule has 2 aromatic rings. The average Bonchev–Trinajstić information content (AvgIpc) is 2.80. The fourth-order valence-electron chi connectivity index (χ4n) is 1.99. The van der Waals surface area contributed by atoms with Gasteiger partial charge in [0.05, 0.1) is 6.04 Å². The highest BCUT2D eigenvalue weighted by Crippen LogP contribution is 2.27. The van der Waals surface area contributed by atoms with Crippen LogP contribution in [0.15, 0.2) is 18.2 Å². The molecule has 1 N–H and O–H groups in total. The van der Waals surface area contributed by atoms with Crippen molar-refractivity contribution in [2.75, 3.05) is 11.9 Å². The molecule has 0 radical (unpaired) electrons. The molecular weight excluding hydrogens is 228 g/mol. The van der Waals surface area contributed by atoms with E-state index in [2.05, 4.69) is 20.8 Å². The highest BCUT2D eigenvalue weighted by atomic mass is 19.2. The van der Waals surface area contributed by atoms with Gasteiger partial charge in [0, 0.05) is 6.54 Å². The summed E-state index contributed by atoms with van der Waals surface area (Å²) in [6.45, 7) is 0.698. The van der Waals surface area contributed by atoms with Gasteiger partial charge in [0.2, 0.25) is 5.95 Å². The number of nitrogens with zero attached hydrogens (tertiary/aromatic N) is 4. The molecule has 1 atom stereocenters. The fraction of sp³-hybridized carbons (Fsp3) is 0.300. The van der Waals surface area contributed by atoms with E-state index in [4.69, 9.17) is 0 Å². The summed E-state index contributed by atoms with van der Waals surface area (Å²) in [4.78, 5) is 0. The number of nitrogens with one attached hydrogen (secondary N) is 1. The van der Waals surface area contributed by atoms with Crippen molar-refractivity contribution >= 4 is 5.95 Å². The number of tetrazole rings is 1. The molecule has 5 nitrogen and oxygen atoms in total. The molecule has 0 spiro atoms. The average molecular weight is 237 g/mol. The number of halogens is 2. The van der Waals surface area contributed by atoms with Gasteiger partial charge in [-0.25, -0.2) is 13.5 Å². The molecule has 1 aliphatic heterocycles. The van der Waals surface area contributed by atoms with E-state index in [1.165, 1.54) is 6.07 Å². The highest BCUT2D eigenvalue weighted by molar-refractivity contribution is 5.31. The molecule has 0 amide bonds. The van der Waals surface area contributed by atoms with Crippen molar-refractivity contribution < 1.29 is 8.78 Å². The van der Waals surface area contributed by atoms with Gasteiger partial charge in [-0.1, -0.05) is 11.2 Å². The lowest BCUT2D eigenvalue weighted by Crippen LogP contribution is -2.24. The minimum absolute atomic E-state index is 0.156. The van der Waals surface area contributed by atoms with E-state index in [-0.39, 0.29) is 6.04 Å². The van der Waals surface area contributed by atoms with Gasteiger partial charge in [-0.3, -0.25) is 0 Å². The SMILES string of the molecule is Fc1ccc(C2CCNc3nnnn32)cc1F. The smallest absolute Gasteiger partial charge is 0.243 e. The first-order valence-corrected chi connectivity index (χ1v) is 5.22. The van der Waals surface area contributed by atoms with Crippen LogP contribution in [0.5, 0.6) is 0 Å². The molecule has 2 heterocycles. The molecule has 1 unspecified atom stereocenters. The highest BCUT2D eigenvalue weighted by Gasteiger charge is 2.24. The summed E-state index contributed by atoms with van der Waals surface area (Å²) in [6, 6.07) is 3.71. The van der Waals surface area contributed by atoms with Crippen LogP contribution in [0, 0.1) is 11.6 Å². The van der Waals surface area contributed by atoms with E-state index in [1.807, 2.05) is 0 Å². The van der Waals surface area contributed by atoms with Gasteiger partial charge >= 0.3 is 0 Å². The third-order valence-electron chi connectivity index (χ3n) is 2.82. The summed E-state index contributed by atoms with van der Waals surface area (Å²) in [5.74, 6) is -1.15. The van der Waals surface area contributed by atoms with Crippen LogP contribution >= 0.6 is 0 Å². The standard InChI is InChI=1S/C10H9F2N5/c11-7-2-1-6(5-8(7)12)9-3-4-13-10-14-15-16-17(9)10/h1-2,5,9H,3-4H2,(H,13,14,16). The predicted molar refractivity (Wildman–Crippen MR) is 55.4 cm³/mol. The second-order valence-electron chi connectivity index (χ2n) is 3.85. The maximum atomic E-state index is 13.2. The minimum atomic E-state index is -0.851. The normalized spacial score (nSPS) is 18.6. The van der Waals surface area contributed by atoms with Crippen LogP contribution in [0.25, 0.3) is 0 Å². The minimum Gasteiger partial charge on any atom is -0.353 e. The summed E-state index contributed by atoms with van der Waals surface area (Å²) in [7, 11) is 0. The summed E-state index contributed by atoms with van der Waals surface area (Å²) >= 11 is 0. The number of anilines is 1. The van der Waals surface area contributed by atoms with E-state index in [9.17, 15) is 8.78 Å². The molecule has 0 saturated carbocycles. The Labute approximate surface area is 95.4 Å². The molecule has 0 aliphatic carbocycles. The number of fused-ring (bicyclic) bond motifs is 1. The van der Waals surface area contributed by atoms with Crippen LogP contribution in [0.2, 0.25) is 0 Å². The van der Waals surface area contributed by atoms with Gasteiger partial charge in [0.15, 0.2) is 11.6 Å². The summed E-state index contributed by atoms with van der Waals surface area (Å²) in [6.07, 6.45) is 0.725. The van der Waals surface area contributed by atoms with Gasteiger partial charge < -0.3 is 5.32 Å². The molecule has 0 fully saturated rings. The van der Waals surface area contributed by atoms with E-state index in [0.717, 1.165) is 12.5 Å². The summed E-state index contributed by atoms with van der Waals surface area (Å²) in [5, 5.41) is 14.2. The molecule has 1 aromatic carbocycles. The third-order valence-corrected chi connectivity index (χ3v) is 2.82. The fourth-order valence-corrected chi connectivity index (χ4v) is 1.99. The Bertz CT molecular complexity index is 553. The number of hydrogen-bond donors (Lipinski definition) is 1. The lowest BCUT2D eigenvalue weighted by atomic mass is 10.0. The Hall–Kier alpha value is -2.05. The number of benzene rings is 1. The first-order chi connectivity index (χ1) is 8.25. The van der Waals surface area contributed by atoms with Crippen LogP contribution in [-0.4, -0.2) is 26.8 Å². The van der Waals surface area contributed by atoms with Crippen LogP contribution in [-0.2, 0) is 0 Å². The zero-order valence-electron chi connectivity index (χ0n) is 8.77. The van der Waals surface area contributed by atoms with E-state index >= 15 is 0 Å². The van der Waals surface area contributed by atoms with Crippen LogP contribution < -0.4 is 5.32 Å². The first kappa shape index (κ1) is 10.1. The second kappa shape index (κ2) is 3.76. The van der Waals surface area contributed by atoms with E-state index in [0.29, 0.717) is 18.1 Å². The molecule has 7 heteroatoms. The topological polar surface area (TPSA) is 55.6 Å². The lowest BCUT2D eigenvalue weighted by Gasteiger charge is -2.23. The van der Waals surface area contributed by atoms with Crippen molar-refractivity contribution in [3.05, 3.63) is 35.4 Å². The van der Waals surface area contributed by atoms with Crippen molar-refractivity contribution in [2.45, 2.75) is 12.5 Å². The monoisotopic (exact) mass is 237 g/mol. The maximum Gasteiger partial charge on any atom is 0.243 e. The van der Waals surface area contributed by atoms with Crippen molar-refractivity contribution in [1.29, 1.82) is 0 Å². The Morgan fingerprint density at radius 3 is 3.00 bits per heavy atom. The Morgan fingerprint density at radius 2 is 2.18 bits per heavy atom. The van der Waals surface area contributed by atoms with Crippen LogP contribution in [0.4, 0.5) is 14.7 Å².